The second kappa shape index (κ2) is 19.6. The van der Waals surface area contributed by atoms with Crippen LogP contribution in [0, 0.1) is 0 Å². The van der Waals surface area contributed by atoms with Crippen LogP contribution in [0.4, 0.5) is 0 Å². The molecule has 2 aromatic carbocycles. The van der Waals surface area contributed by atoms with Gasteiger partial charge in [-0.1, -0.05) is 60.7 Å². The summed E-state index contributed by atoms with van der Waals surface area (Å²) in [6.45, 7) is 0.346. The Labute approximate surface area is 275 Å². The van der Waals surface area contributed by atoms with E-state index >= 15 is 0 Å². The van der Waals surface area contributed by atoms with Gasteiger partial charge in [-0.05, 0) is 56.1 Å². The van der Waals surface area contributed by atoms with Crippen molar-refractivity contribution in [3.05, 3.63) is 71.8 Å². The topological polar surface area (TPSA) is 173 Å². The highest BCUT2D eigenvalue weighted by molar-refractivity contribution is 7.87. The summed E-state index contributed by atoms with van der Waals surface area (Å²) in [5, 5.41) is 0. The van der Waals surface area contributed by atoms with Crippen molar-refractivity contribution in [2.75, 3.05) is 33.3 Å². The number of carbonyl (C=O) groups is 3. The molecule has 2 aromatic rings. The summed E-state index contributed by atoms with van der Waals surface area (Å²) in [7, 11) is -8.83. The number of hydrogen-bond acceptors (Lipinski definition) is 12. The number of phosphoric ester groups is 1. The predicted octanol–water partition coefficient (Wildman–Crippen LogP) is 4.05. The number of unbranched alkanes of at least 4 members (excludes halogenated alkanes) is 1. The standard InChI is InChI=1S/C31H43N2O12PS/c1-25(34)41-23-44-46(37,45-24-42-26(2)35)43-22-29(21-28-16-7-4-8-17-28)32-47(38,39)33-19-11-9-18-30(33)31(36)40-20-12-10-15-27-13-5-3-6-14-27/h3-8,13-14,16-17,29-30,32H,9-12,15,18-24H2,1-2H3/t29-,30+/m1/s1. The summed E-state index contributed by atoms with van der Waals surface area (Å²) in [5.41, 5.74) is 1.91. The van der Waals surface area contributed by atoms with Crippen molar-refractivity contribution in [1.82, 2.24) is 9.03 Å². The normalized spacial score (nSPS) is 16.3. The monoisotopic (exact) mass is 698 g/mol. The number of hydrogen-bond donors (Lipinski definition) is 1. The van der Waals surface area contributed by atoms with Crippen LogP contribution in [-0.4, -0.2) is 76.1 Å². The van der Waals surface area contributed by atoms with Crippen molar-refractivity contribution in [1.29, 1.82) is 0 Å². The SMILES string of the molecule is CC(=O)OCOP(=O)(OCOC(C)=O)OC[C@@H](Cc1ccccc1)NS(=O)(=O)N1CCCC[C@H]1C(=O)OCCCCc1ccccc1. The summed E-state index contributed by atoms with van der Waals surface area (Å²) in [6.07, 6.45) is 3.88. The van der Waals surface area contributed by atoms with E-state index in [4.69, 9.17) is 18.3 Å². The van der Waals surface area contributed by atoms with Gasteiger partial charge in [-0.3, -0.25) is 18.9 Å². The molecule has 0 aromatic heterocycles. The number of piperidine rings is 1. The lowest BCUT2D eigenvalue weighted by Crippen LogP contribution is -2.55. The predicted molar refractivity (Wildman–Crippen MR) is 170 cm³/mol. The van der Waals surface area contributed by atoms with E-state index in [1.54, 1.807) is 30.3 Å². The van der Waals surface area contributed by atoms with Crippen LogP contribution in [0.15, 0.2) is 60.7 Å². The van der Waals surface area contributed by atoms with Gasteiger partial charge in [0, 0.05) is 20.4 Å². The number of nitrogens with zero attached hydrogens (tertiary/aromatic N) is 1. The number of rotatable bonds is 20. The molecule has 0 amide bonds. The Morgan fingerprint density at radius 3 is 2.04 bits per heavy atom. The second-order valence-electron chi connectivity index (χ2n) is 10.8. The van der Waals surface area contributed by atoms with Crippen molar-refractivity contribution in [2.24, 2.45) is 0 Å². The first-order valence-corrected chi connectivity index (χ1v) is 18.2. The third-order valence-corrected chi connectivity index (χ3v) is 10.00. The zero-order valence-corrected chi connectivity index (χ0v) is 28.3. The van der Waals surface area contributed by atoms with Crippen molar-refractivity contribution in [3.63, 3.8) is 0 Å². The van der Waals surface area contributed by atoms with Gasteiger partial charge in [0.05, 0.1) is 19.3 Å². The Balaban J connectivity index is 1.68. The minimum Gasteiger partial charge on any atom is -0.464 e. The van der Waals surface area contributed by atoms with E-state index in [0.29, 0.717) is 25.7 Å². The molecule has 1 N–H and O–H groups in total. The summed E-state index contributed by atoms with van der Waals surface area (Å²) in [6, 6.07) is 16.8. The van der Waals surface area contributed by atoms with Crippen molar-refractivity contribution >= 4 is 35.9 Å². The maximum atomic E-state index is 13.8. The molecule has 1 aliphatic rings. The molecule has 0 spiro atoms. The largest absolute Gasteiger partial charge is 0.480 e. The maximum Gasteiger partial charge on any atom is 0.480 e. The Bertz CT molecular complexity index is 1400. The number of esters is 3. The molecule has 1 aliphatic heterocycles. The van der Waals surface area contributed by atoms with E-state index in [1.807, 2.05) is 30.3 Å². The molecule has 1 saturated heterocycles. The molecule has 0 radical (unpaired) electrons. The van der Waals surface area contributed by atoms with E-state index in [-0.39, 0.29) is 19.6 Å². The highest BCUT2D eigenvalue weighted by atomic mass is 32.2. The second-order valence-corrected chi connectivity index (χ2v) is 14.1. The number of benzene rings is 2. The fraction of sp³-hybridized carbons (Fsp3) is 0.516. The van der Waals surface area contributed by atoms with Gasteiger partial charge in [-0.15, -0.1) is 0 Å². The lowest BCUT2D eigenvalue weighted by atomic mass is 10.1. The van der Waals surface area contributed by atoms with Crippen molar-refractivity contribution in [3.8, 4) is 0 Å². The van der Waals surface area contributed by atoms with Crippen molar-refractivity contribution in [2.45, 2.75) is 70.9 Å². The molecular weight excluding hydrogens is 655 g/mol. The average Bonchev–Trinajstić information content (AvgIpc) is 3.04. The van der Waals surface area contributed by atoms with Gasteiger partial charge in [-0.2, -0.15) is 17.4 Å². The van der Waals surface area contributed by atoms with Crippen LogP contribution in [-0.2, 0) is 69.8 Å². The van der Waals surface area contributed by atoms with E-state index in [1.165, 1.54) is 5.56 Å². The minimum absolute atomic E-state index is 0.0947. The summed E-state index contributed by atoms with van der Waals surface area (Å²) >= 11 is 0. The Hall–Kier alpha value is -3.17. The Kier molecular flexibility index (Phi) is 16.0. The first-order chi connectivity index (χ1) is 22.5. The lowest BCUT2D eigenvalue weighted by molar-refractivity contribution is -0.151. The number of phosphoric acid groups is 1. The number of aryl methyl sites for hydroxylation is 1. The fourth-order valence-electron chi connectivity index (χ4n) is 4.73. The Morgan fingerprint density at radius 1 is 0.851 bits per heavy atom. The molecule has 14 nitrogen and oxygen atoms in total. The molecule has 0 unspecified atom stereocenters. The van der Waals surface area contributed by atoms with Crippen LogP contribution >= 0.6 is 7.82 Å². The highest BCUT2D eigenvalue weighted by Crippen LogP contribution is 2.49. The zero-order chi connectivity index (χ0) is 34.1. The van der Waals surface area contributed by atoms with E-state index in [0.717, 1.165) is 36.6 Å². The third kappa shape index (κ3) is 14.2. The van der Waals surface area contributed by atoms with Gasteiger partial charge < -0.3 is 14.2 Å². The fourth-order valence-corrected chi connectivity index (χ4v) is 7.28. The molecule has 1 heterocycles. The van der Waals surface area contributed by atoms with Crippen LogP contribution in [0.1, 0.15) is 57.1 Å². The van der Waals surface area contributed by atoms with E-state index in [9.17, 15) is 27.4 Å². The van der Waals surface area contributed by atoms with E-state index in [2.05, 4.69) is 14.2 Å². The highest BCUT2D eigenvalue weighted by Gasteiger charge is 2.39. The van der Waals surface area contributed by atoms with Gasteiger partial charge in [0.25, 0.3) is 10.2 Å². The number of carbonyl (C=O) groups excluding carboxylic acids is 3. The van der Waals surface area contributed by atoms with Gasteiger partial charge in [-0.25, -0.2) is 13.6 Å². The third-order valence-electron chi connectivity index (χ3n) is 7.00. The molecule has 0 aliphatic carbocycles. The molecule has 0 saturated carbocycles. The van der Waals surface area contributed by atoms with Crippen LogP contribution in [0.5, 0.6) is 0 Å². The molecule has 1 fully saturated rings. The molecule has 260 valence electrons. The molecular formula is C31H43N2O12PS. The van der Waals surface area contributed by atoms with Crippen LogP contribution in [0.25, 0.3) is 0 Å². The summed E-state index contributed by atoms with van der Waals surface area (Å²) in [5.74, 6) is -2.08. The van der Waals surface area contributed by atoms with E-state index < -0.39 is 68.2 Å². The van der Waals surface area contributed by atoms with Gasteiger partial charge in [0.2, 0.25) is 13.6 Å². The smallest absolute Gasteiger partial charge is 0.464 e. The molecule has 0 bridgehead atoms. The molecule has 16 heteroatoms. The maximum absolute atomic E-state index is 13.8. The van der Waals surface area contributed by atoms with Crippen LogP contribution in [0.2, 0.25) is 0 Å². The Morgan fingerprint density at radius 2 is 1.45 bits per heavy atom. The van der Waals surface area contributed by atoms with Crippen molar-refractivity contribution < 1.29 is 55.1 Å². The van der Waals surface area contributed by atoms with Crippen LogP contribution in [0.3, 0.4) is 0 Å². The number of ether oxygens (including phenoxy) is 3. The van der Waals surface area contributed by atoms with Crippen LogP contribution < -0.4 is 4.72 Å². The first kappa shape index (κ1) is 38.3. The van der Waals surface area contributed by atoms with Gasteiger partial charge in [0.15, 0.2) is 0 Å². The zero-order valence-electron chi connectivity index (χ0n) is 26.6. The summed E-state index contributed by atoms with van der Waals surface area (Å²) < 4.78 is 74.8. The lowest BCUT2D eigenvalue weighted by Gasteiger charge is -2.34. The molecule has 3 rings (SSSR count). The number of nitrogens with one attached hydrogen (secondary N) is 1. The minimum atomic E-state index is -4.53. The molecule has 2 atom stereocenters. The van der Waals surface area contributed by atoms with Gasteiger partial charge in [0.1, 0.15) is 6.04 Å². The average molecular weight is 699 g/mol. The first-order valence-electron chi connectivity index (χ1n) is 15.3. The quantitative estimate of drug-likeness (QED) is 0.0692. The summed E-state index contributed by atoms with van der Waals surface area (Å²) in [4.78, 5) is 35.4. The van der Waals surface area contributed by atoms with Gasteiger partial charge >= 0.3 is 25.7 Å². The molecule has 47 heavy (non-hydrogen) atoms.